The van der Waals surface area contributed by atoms with Gasteiger partial charge in [0.05, 0.1) is 6.10 Å². The molecule has 0 amide bonds. The minimum absolute atomic E-state index is 0.546. The molecule has 0 radical (unpaired) electrons. The summed E-state index contributed by atoms with van der Waals surface area (Å²) in [4.78, 5) is 0. The number of hydrogen-bond acceptors (Lipinski definition) is 1. The first-order chi connectivity index (χ1) is 5.31. The molecular formula is C9H19LiO. The zero-order chi connectivity index (χ0) is 8.53. The quantitative estimate of drug-likeness (QED) is 0.550. The van der Waals surface area contributed by atoms with Crippen molar-refractivity contribution in [2.24, 2.45) is 0 Å². The van der Waals surface area contributed by atoms with E-state index in [2.05, 4.69) is 31.6 Å². The first-order valence-electron chi connectivity index (χ1n) is 4.92. The van der Waals surface area contributed by atoms with E-state index in [4.69, 9.17) is 4.74 Å². The van der Waals surface area contributed by atoms with Gasteiger partial charge in [-0.3, -0.25) is 0 Å². The van der Waals surface area contributed by atoms with Gasteiger partial charge < -0.3 is 4.74 Å². The molecule has 1 rings (SSSR count). The van der Waals surface area contributed by atoms with Crippen LogP contribution in [-0.4, -0.2) is 30.4 Å². The van der Waals surface area contributed by atoms with Crippen molar-refractivity contribution >= 4 is 17.7 Å². The van der Waals surface area contributed by atoms with E-state index < -0.39 is 0 Å². The van der Waals surface area contributed by atoms with Gasteiger partial charge >= 0.3 is 42.6 Å². The minimum atomic E-state index is 0.546. The summed E-state index contributed by atoms with van der Waals surface area (Å²) in [6, 6.07) is 0. The molecule has 0 aromatic heterocycles. The van der Waals surface area contributed by atoms with E-state index in [9.17, 15) is 0 Å². The number of ether oxygens (including phenoxy) is 1. The third kappa shape index (κ3) is 8.46. The third-order valence-electron chi connectivity index (χ3n) is 1.86. The predicted molar refractivity (Wildman–Crippen MR) is 50.1 cm³/mol. The summed E-state index contributed by atoms with van der Waals surface area (Å²) >= 11 is 2.21. The zero-order valence-electron chi connectivity index (χ0n) is 8.23. The van der Waals surface area contributed by atoms with Crippen molar-refractivity contribution in [2.45, 2.75) is 50.7 Å². The summed E-state index contributed by atoms with van der Waals surface area (Å²) < 4.78 is 5.15. The van der Waals surface area contributed by atoms with Crippen LogP contribution in [0.2, 0.25) is 5.09 Å². The Morgan fingerprint density at radius 2 is 2.27 bits per heavy atom. The van der Waals surface area contributed by atoms with Crippen LogP contribution in [-0.2, 0) is 4.74 Å². The molecule has 11 heavy (non-hydrogen) atoms. The number of rotatable bonds is 2. The van der Waals surface area contributed by atoms with E-state index in [1.54, 1.807) is 0 Å². The van der Waals surface area contributed by atoms with Crippen LogP contribution in [0.4, 0.5) is 0 Å². The van der Waals surface area contributed by atoms with Crippen LogP contribution in [0.3, 0.4) is 0 Å². The maximum absolute atomic E-state index is 5.15. The summed E-state index contributed by atoms with van der Waals surface area (Å²) in [6.45, 7) is 5.32. The van der Waals surface area contributed by atoms with Gasteiger partial charge in [-0.1, -0.05) is 0 Å². The molecule has 1 aliphatic heterocycles. The van der Waals surface area contributed by atoms with Crippen LogP contribution in [0.25, 0.3) is 0 Å². The Bertz CT molecular complexity index is 68.0. The van der Waals surface area contributed by atoms with Crippen molar-refractivity contribution in [3.05, 3.63) is 0 Å². The molecule has 1 heterocycles. The molecule has 0 aliphatic carbocycles. The maximum atomic E-state index is 5.15. The van der Waals surface area contributed by atoms with Crippen LogP contribution in [0.1, 0.15) is 39.5 Å². The molecule has 1 nitrogen and oxygen atoms in total. The van der Waals surface area contributed by atoms with Gasteiger partial charge in [-0.2, -0.15) is 0 Å². The van der Waals surface area contributed by atoms with Crippen molar-refractivity contribution in [3.8, 4) is 0 Å². The fraction of sp³-hybridized carbons (Fsp3) is 1.00. The molecule has 0 aromatic carbocycles. The van der Waals surface area contributed by atoms with E-state index in [-0.39, 0.29) is 0 Å². The van der Waals surface area contributed by atoms with Gasteiger partial charge in [-0.25, -0.2) is 0 Å². The molecule has 0 bridgehead atoms. The Balaban J connectivity index is 0.000000187. The summed E-state index contributed by atoms with van der Waals surface area (Å²) in [6.07, 6.45) is 5.81. The van der Waals surface area contributed by atoms with Gasteiger partial charge in [0.25, 0.3) is 0 Å². The van der Waals surface area contributed by atoms with Crippen molar-refractivity contribution in [1.82, 2.24) is 0 Å². The summed E-state index contributed by atoms with van der Waals surface area (Å²) in [5.74, 6) is 0. The molecule has 1 unspecified atom stereocenters. The fourth-order valence-electron chi connectivity index (χ4n) is 1.09. The molecular weight excluding hydrogens is 131 g/mol. The topological polar surface area (TPSA) is 9.23 Å². The van der Waals surface area contributed by atoms with E-state index in [0.29, 0.717) is 6.10 Å². The van der Waals surface area contributed by atoms with Crippen molar-refractivity contribution in [1.29, 1.82) is 0 Å². The summed E-state index contributed by atoms with van der Waals surface area (Å²) in [5.41, 5.74) is 0. The number of hydrogen-bond donors (Lipinski definition) is 0. The van der Waals surface area contributed by atoms with Crippen LogP contribution >= 0.6 is 0 Å². The average molecular weight is 150 g/mol. The van der Waals surface area contributed by atoms with Crippen LogP contribution < -0.4 is 0 Å². The van der Waals surface area contributed by atoms with Crippen LogP contribution in [0, 0.1) is 0 Å². The normalized spacial score (nSPS) is 22.7. The van der Waals surface area contributed by atoms with Crippen molar-refractivity contribution in [3.63, 3.8) is 0 Å². The molecule has 0 aromatic rings. The standard InChI is InChI=1S/C5H10O.C4H9.Li/c1-5-3-2-4-6-5;1-3-4-2;/h5H,2-4H2,1H3;1,3-4H2,2H3;. The monoisotopic (exact) mass is 150 g/mol. The van der Waals surface area contributed by atoms with E-state index in [0.717, 1.165) is 6.61 Å². The van der Waals surface area contributed by atoms with Crippen LogP contribution in [0.5, 0.6) is 0 Å². The van der Waals surface area contributed by atoms with Gasteiger partial charge in [0.1, 0.15) is 0 Å². The third-order valence-corrected chi connectivity index (χ3v) is 1.86. The number of unbranched alkanes of at least 4 members (excludes halogenated alkanes) is 1. The SMILES string of the molecule is CC1CCCO1.[Li][CH2]CCC. The van der Waals surface area contributed by atoms with Gasteiger partial charge in [0.15, 0.2) is 0 Å². The van der Waals surface area contributed by atoms with Gasteiger partial charge in [-0.05, 0) is 19.8 Å². The zero-order valence-corrected chi connectivity index (χ0v) is 8.23. The molecule has 1 aliphatic rings. The summed E-state index contributed by atoms with van der Waals surface area (Å²) in [7, 11) is 0. The Labute approximate surface area is 80.1 Å². The van der Waals surface area contributed by atoms with Gasteiger partial charge in [0, 0.05) is 6.61 Å². The molecule has 2 heteroatoms. The molecule has 0 spiro atoms. The molecule has 0 saturated carbocycles. The Hall–Kier alpha value is 0.557. The molecule has 62 valence electrons. The Morgan fingerprint density at radius 3 is 2.36 bits per heavy atom. The average Bonchev–Trinajstić information content (AvgIpc) is 2.43. The Kier molecular flexibility index (Phi) is 9.09. The van der Waals surface area contributed by atoms with Gasteiger partial charge in [0.2, 0.25) is 0 Å². The second-order valence-electron chi connectivity index (χ2n) is 3.18. The van der Waals surface area contributed by atoms with Gasteiger partial charge in [-0.15, -0.1) is 0 Å². The van der Waals surface area contributed by atoms with E-state index >= 15 is 0 Å². The second-order valence-corrected chi connectivity index (χ2v) is 3.18. The molecule has 1 atom stereocenters. The molecule has 0 N–H and O–H groups in total. The summed E-state index contributed by atoms with van der Waals surface area (Å²) in [5, 5.41) is 1.34. The second kappa shape index (κ2) is 8.65. The first kappa shape index (κ1) is 11.6. The Morgan fingerprint density at radius 1 is 1.55 bits per heavy atom. The molecule has 1 fully saturated rings. The predicted octanol–water partition coefficient (Wildman–Crippen LogP) is 2.56. The fourth-order valence-corrected chi connectivity index (χ4v) is 1.09. The molecule has 1 saturated heterocycles. The van der Waals surface area contributed by atoms with E-state index in [1.165, 1.54) is 30.8 Å². The van der Waals surface area contributed by atoms with Crippen LogP contribution in [0.15, 0.2) is 0 Å². The van der Waals surface area contributed by atoms with Crippen molar-refractivity contribution < 1.29 is 4.74 Å². The van der Waals surface area contributed by atoms with E-state index in [1.807, 2.05) is 0 Å². The first-order valence-corrected chi connectivity index (χ1v) is 4.92. The van der Waals surface area contributed by atoms with Crippen molar-refractivity contribution in [2.75, 3.05) is 6.61 Å².